The molecule has 0 aliphatic carbocycles. The normalized spacial score (nSPS) is 20.8. The van der Waals surface area contributed by atoms with Gasteiger partial charge >= 0.3 is 0 Å². The van der Waals surface area contributed by atoms with Gasteiger partial charge in [0.2, 0.25) is 5.91 Å². The first-order chi connectivity index (χ1) is 11.3. The van der Waals surface area contributed by atoms with Crippen LogP contribution < -0.4 is 15.4 Å². The van der Waals surface area contributed by atoms with Gasteiger partial charge in [-0.05, 0) is 18.1 Å². The molecule has 1 amide bonds. The second-order valence-corrected chi connectivity index (χ2v) is 5.79. The van der Waals surface area contributed by atoms with Gasteiger partial charge in [-0.2, -0.15) is 0 Å². The fourth-order valence-corrected chi connectivity index (χ4v) is 3.09. The van der Waals surface area contributed by atoms with Crippen molar-refractivity contribution >= 4 is 5.91 Å². The van der Waals surface area contributed by atoms with Crippen molar-refractivity contribution in [2.45, 2.75) is 31.5 Å². The second kappa shape index (κ2) is 7.29. The van der Waals surface area contributed by atoms with Crippen molar-refractivity contribution in [1.82, 2.24) is 10.6 Å². The van der Waals surface area contributed by atoms with E-state index in [0.29, 0.717) is 13.0 Å². The van der Waals surface area contributed by atoms with Crippen LogP contribution in [0.2, 0.25) is 0 Å². The minimum atomic E-state index is 0.00663. The number of piperidine rings is 1. The van der Waals surface area contributed by atoms with E-state index >= 15 is 0 Å². The summed E-state index contributed by atoms with van der Waals surface area (Å²) < 4.78 is 5.40. The van der Waals surface area contributed by atoms with Gasteiger partial charge in [0, 0.05) is 24.6 Å². The van der Waals surface area contributed by atoms with E-state index in [0.717, 1.165) is 23.3 Å². The predicted octanol–water partition coefficient (Wildman–Crippen LogP) is 2.80. The molecule has 0 saturated carbocycles. The maximum absolute atomic E-state index is 11.8. The lowest BCUT2D eigenvalue weighted by Crippen LogP contribution is -2.48. The Labute approximate surface area is 136 Å². The highest BCUT2D eigenvalue weighted by atomic mass is 16.5. The van der Waals surface area contributed by atoms with E-state index in [2.05, 4.69) is 28.8 Å². The Morgan fingerprint density at radius 1 is 1.13 bits per heavy atom. The summed E-state index contributed by atoms with van der Waals surface area (Å²) in [6.07, 6.45) is 1.40. The smallest absolute Gasteiger partial charge is 0.220 e. The zero-order chi connectivity index (χ0) is 16.1. The van der Waals surface area contributed by atoms with E-state index in [1.807, 2.05) is 36.4 Å². The highest BCUT2D eigenvalue weighted by molar-refractivity contribution is 5.77. The summed E-state index contributed by atoms with van der Waals surface area (Å²) in [6.45, 7) is 0.716. The zero-order valence-electron chi connectivity index (χ0n) is 13.3. The van der Waals surface area contributed by atoms with Gasteiger partial charge < -0.3 is 15.4 Å². The molecule has 2 aromatic rings. The standard InChI is InChI=1S/C19H22N2O2/c1-23-17-10-6-5-9-15(17)13-20-16-11-12-18(22)21-19(16)14-7-3-2-4-8-14/h2-10,16,19-20H,11-13H2,1H3,(H,21,22)/t16-,19-/m0/s1. The lowest BCUT2D eigenvalue weighted by atomic mass is 9.92. The minimum Gasteiger partial charge on any atom is -0.496 e. The van der Waals surface area contributed by atoms with Gasteiger partial charge in [-0.15, -0.1) is 0 Å². The molecule has 23 heavy (non-hydrogen) atoms. The number of hydrogen-bond donors (Lipinski definition) is 2. The van der Waals surface area contributed by atoms with Gasteiger partial charge in [0.05, 0.1) is 13.2 Å². The lowest BCUT2D eigenvalue weighted by molar-refractivity contribution is -0.123. The number of rotatable bonds is 5. The average molecular weight is 310 g/mol. The molecule has 4 heteroatoms. The monoisotopic (exact) mass is 310 g/mol. The molecule has 0 spiro atoms. The minimum absolute atomic E-state index is 0.00663. The molecule has 0 unspecified atom stereocenters. The SMILES string of the molecule is COc1ccccc1CN[C@H]1CCC(=O)N[C@H]1c1ccccc1. The van der Waals surface area contributed by atoms with Crippen molar-refractivity contribution < 1.29 is 9.53 Å². The van der Waals surface area contributed by atoms with Crippen molar-refractivity contribution in [3.8, 4) is 5.75 Å². The Morgan fingerprint density at radius 2 is 1.87 bits per heavy atom. The van der Waals surface area contributed by atoms with Crippen LogP contribution in [0.3, 0.4) is 0 Å². The van der Waals surface area contributed by atoms with E-state index in [1.165, 1.54) is 0 Å². The number of methoxy groups -OCH3 is 1. The summed E-state index contributed by atoms with van der Waals surface area (Å²) in [5, 5.41) is 6.70. The van der Waals surface area contributed by atoms with Crippen LogP contribution in [0.25, 0.3) is 0 Å². The van der Waals surface area contributed by atoms with Crippen molar-refractivity contribution in [3.63, 3.8) is 0 Å². The number of nitrogens with one attached hydrogen (secondary N) is 2. The molecule has 1 aliphatic heterocycles. The van der Waals surface area contributed by atoms with Crippen LogP contribution in [0, 0.1) is 0 Å². The molecule has 0 radical (unpaired) electrons. The van der Waals surface area contributed by atoms with Gasteiger partial charge in [-0.25, -0.2) is 0 Å². The first-order valence-corrected chi connectivity index (χ1v) is 7.97. The molecule has 0 bridgehead atoms. The van der Waals surface area contributed by atoms with Crippen LogP contribution in [0.5, 0.6) is 5.75 Å². The summed E-state index contributed by atoms with van der Waals surface area (Å²) in [4.78, 5) is 11.8. The highest BCUT2D eigenvalue weighted by Gasteiger charge is 2.29. The zero-order valence-corrected chi connectivity index (χ0v) is 13.3. The molecule has 1 heterocycles. The summed E-state index contributed by atoms with van der Waals surface area (Å²) in [6, 6.07) is 18.4. The van der Waals surface area contributed by atoms with E-state index in [1.54, 1.807) is 7.11 Å². The molecular formula is C19H22N2O2. The van der Waals surface area contributed by atoms with Gasteiger partial charge in [0.15, 0.2) is 0 Å². The fourth-order valence-electron chi connectivity index (χ4n) is 3.09. The third-order valence-electron chi connectivity index (χ3n) is 4.31. The van der Waals surface area contributed by atoms with Crippen LogP contribution in [-0.4, -0.2) is 19.1 Å². The number of carbonyl (C=O) groups is 1. The number of carbonyl (C=O) groups excluding carboxylic acids is 1. The summed E-state index contributed by atoms with van der Waals surface area (Å²) in [5.74, 6) is 1.00. The molecule has 1 aliphatic rings. The Kier molecular flexibility index (Phi) is 4.93. The third kappa shape index (κ3) is 3.71. The molecule has 2 atom stereocenters. The number of benzene rings is 2. The number of hydrogen-bond acceptors (Lipinski definition) is 3. The molecular weight excluding hydrogens is 288 g/mol. The second-order valence-electron chi connectivity index (χ2n) is 5.79. The summed E-state index contributed by atoms with van der Waals surface area (Å²) >= 11 is 0. The molecule has 2 N–H and O–H groups in total. The van der Waals surface area contributed by atoms with Gasteiger partial charge in [-0.1, -0.05) is 48.5 Å². The van der Waals surface area contributed by atoms with Gasteiger partial charge in [0.1, 0.15) is 5.75 Å². The largest absolute Gasteiger partial charge is 0.496 e. The molecule has 2 aromatic carbocycles. The third-order valence-corrected chi connectivity index (χ3v) is 4.31. The Morgan fingerprint density at radius 3 is 2.65 bits per heavy atom. The van der Waals surface area contributed by atoms with Crippen molar-refractivity contribution in [2.75, 3.05) is 7.11 Å². The van der Waals surface area contributed by atoms with Crippen LogP contribution in [0.15, 0.2) is 54.6 Å². The fraction of sp³-hybridized carbons (Fsp3) is 0.316. The summed E-state index contributed by atoms with van der Waals surface area (Å²) in [7, 11) is 1.69. The first-order valence-electron chi connectivity index (χ1n) is 7.97. The average Bonchev–Trinajstić information content (AvgIpc) is 2.61. The maximum Gasteiger partial charge on any atom is 0.220 e. The highest BCUT2D eigenvalue weighted by Crippen LogP contribution is 2.25. The van der Waals surface area contributed by atoms with Crippen LogP contribution in [0.1, 0.15) is 30.0 Å². The van der Waals surface area contributed by atoms with Crippen molar-refractivity contribution in [3.05, 3.63) is 65.7 Å². The van der Waals surface area contributed by atoms with E-state index in [-0.39, 0.29) is 18.0 Å². The maximum atomic E-state index is 11.8. The molecule has 120 valence electrons. The van der Waals surface area contributed by atoms with Crippen LogP contribution >= 0.6 is 0 Å². The Balaban J connectivity index is 1.73. The first kappa shape index (κ1) is 15.6. The molecule has 1 fully saturated rings. The summed E-state index contributed by atoms with van der Waals surface area (Å²) in [5.41, 5.74) is 2.26. The number of ether oxygens (including phenoxy) is 1. The quantitative estimate of drug-likeness (QED) is 0.893. The van der Waals surface area contributed by atoms with Gasteiger partial charge in [0.25, 0.3) is 0 Å². The van der Waals surface area contributed by atoms with Crippen molar-refractivity contribution in [1.29, 1.82) is 0 Å². The predicted molar refractivity (Wildman–Crippen MR) is 90.2 cm³/mol. The molecule has 0 aromatic heterocycles. The Hall–Kier alpha value is -2.33. The van der Waals surface area contributed by atoms with Gasteiger partial charge in [-0.3, -0.25) is 4.79 Å². The topological polar surface area (TPSA) is 50.4 Å². The number of amides is 1. The number of para-hydroxylation sites is 1. The molecule has 3 rings (SSSR count). The lowest BCUT2D eigenvalue weighted by Gasteiger charge is -2.33. The van der Waals surface area contributed by atoms with E-state index in [9.17, 15) is 4.79 Å². The van der Waals surface area contributed by atoms with Crippen LogP contribution in [-0.2, 0) is 11.3 Å². The van der Waals surface area contributed by atoms with Crippen molar-refractivity contribution in [2.24, 2.45) is 0 Å². The van der Waals surface area contributed by atoms with Crippen LogP contribution in [0.4, 0.5) is 0 Å². The molecule has 1 saturated heterocycles. The van der Waals surface area contributed by atoms with E-state index in [4.69, 9.17) is 4.74 Å². The Bertz CT molecular complexity index is 657. The molecule has 4 nitrogen and oxygen atoms in total. The van der Waals surface area contributed by atoms with E-state index < -0.39 is 0 Å².